The molecule has 3 nitrogen and oxygen atoms in total. The molecule has 2 aliphatic carbocycles. The van der Waals surface area contributed by atoms with Gasteiger partial charge in [0.25, 0.3) is 0 Å². The normalized spacial score (nSPS) is 29.1. The first-order valence-electron chi connectivity index (χ1n) is 8.37. The zero-order valence-corrected chi connectivity index (χ0v) is 13.9. The number of fused-ring (bicyclic) bond motifs is 4. The number of carbonyl (C=O) groups excluding carboxylic acids is 1. The van der Waals surface area contributed by atoms with Crippen molar-refractivity contribution in [3.05, 3.63) is 41.0 Å². The Bertz CT molecular complexity index is 756. The Morgan fingerprint density at radius 2 is 2.13 bits per heavy atom. The van der Waals surface area contributed by atoms with Crippen molar-refractivity contribution >= 4 is 11.4 Å². The van der Waals surface area contributed by atoms with Gasteiger partial charge in [-0.05, 0) is 62.0 Å². The lowest BCUT2D eigenvalue weighted by atomic mass is 9.61. The van der Waals surface area contributed by atoms with E-state index in [4.69, 9.17) is 9.47 Å². The van der Waals surface area contributed by atoms with Gasteiger partial charge >= 0.3 is 0 Å². The van der Waals surface area contributed by atoms with Gasteiger partial charge in [0.15, 0.2) is 0 Å². The van der Waals surface area contributed by atoms with Gasteiger partial charge in [-0.1, -0.05) is 6.08 Å². The average Bonchev–Trinajstić information content (AvgIpc) is 2.55. The first-order valence-corrected chi connectivity index (χ1v) is 8.37. The van der Waals surface area contributed by atoms with E-state index in [1.54, 1.807) is 7.11 Å². The third-order valence-electron chi connectivity index (χ3n) is 5.64. The van der Waals surface area contributed by atoms with Gasteiger partial charge in [-0.3, -0.25) is 4.79 Å². The molecule has 0 bridgehead atoms. The summed E-state index contributed by atoms with van der Waals surface area (Å²) in [5.41, 5.74) is 4.63. The molecule has 3 aliphatic rings. The molecule has 1 aromatic carbocycles. The molecule has 2 atom stereocenters. The molecule has 0 saturated heterocycles. The van der Waals surface area contributed by atoms with E-state index < -0.39 is 0 Å². The SMILES string of the molecule is COc1ccc2c(c1)O[C@H](C)C1=C2CC[C@]2(C)C(=O)CCC=C12. The minimum Gasteiger partial charge on any atom is -0.497 e. The van der Waals surface area contributed by atoms with Crippen molar-refractivity contribution in [2.45, 2.75) is 45.6 Å². The van der Waals surface area contributed by atoms with Gasteiger partial charge in [0.05, 0.1) is 12.5 Å². The van der Waals surface area contributed by atoms with Crippen LogP contribution in [0.15, 0.2) is 35.4 Å². The lowest BCUT2D eigenvalue weighted by Crippen LogP contribution is -2.39. The van der Waals surface area contributed by atoms with Crippen LogP contribution < -0.4 is 9.47 Å². The van der Waals surface area contributed by atoms with Crippen LogP contribution in [0.4, 0.5) is 0 Å². The second-order valence-electron chi connectivity index (χ2n) is 6.93. The van der Waals surface area contributed by atoms with Gasteiger partial charge < -0.3 is 9.47 Å². The molecule has 0 spiro atoms. The molecule has 120 valence electrons. The molecular weight excluding hydrogens is 288 g/mol. The first kappa shape index (κ1) is 14.6. The van der Waals surface area contributed by atoms with Crippen LogP contribution in [0.1, 0.15) is 45.1 Å². The van der Waals surface area contributed by atoms with E-state index in [9.17, 15) is 4.79 Å². The number of Topliss-reactive ketones (excluding diaryl/α,β-unsaturated/α-hetero) is 1. The molecule has 0 radical (unpaired) electrons. The molecular formula is C20H22O3. The van der Waals surface area contributed by atoms with Crippen LogP contribution in [0.5, 0.6) is 11.5 Å². The van der Waals surface area contributed by atoms with Gasteiger partial charge in [-0.25, -0.2) is 0 Å². The number of benzene rings is 1. The fourth-order valence-electron chi connectivity index (χ4n) is 4.32. The molecule has 3 heteroatoms. The fourth-order valence-corrected chi connectivity index (χ4v) is 4.32. The lowest BCUT2D eigenvalue weighted by molar-refractivity contribution is -0.126. The monoisotopic (exact) mass is 310 g/mol. The van der Waals surface area contributed by atoms with E-state index in [2.05, 4.69) is 26.0 Å². The minimum atomic E-state index is -0.321. The van der Waals surface area contributed by atoms with Gasteiger partial charge in [0.2, 0.25) is 0 Å². The highest BCUT2D eigenvalue weighted by molar-refractivity contribution is 5.94. The maximum absolute atomic E-state index is 12.5. The van der Waals surface area contributed by atoms with Crippen LogP contribution in [0.25, 0.3) is 5.57 Å². The Balaban J connectivity index is 1.90. The van der Waals surface area contributed by atoms with Crippen LogP contribution in [-0.4, -0.2) is 19.0 Å². The molecule has 0 N–H and O–H groups in total. The summed E-state index contributed by atoms with van der Waals surface area (Å²) in [6, 6.07) is 6.03. The van der Waals surface area contributed by atoms with Crippen molar-refractivity contribution < 1.29 is 14.3 Å². The van der Waals surface area contributed by atoms with Crippen molar-refractivity contribution in [1.29, 1.82) is 0 Å². The highest BCUT2D eigenvalue weighted by atomic mass is 16.5. The number of rotatable bonds is 1. The van der Waals surface area contributed by atoms with Crippen LogP contribution in [0.3, 0.4) is 0 Å². The number of hydrogen-bond donors (Lipinski definition) is 0. The molecule has 0 fully saturated rings. The summed E-state index contributed by atoms with van der Waals surface area (Å²) in [4.78, 5) is 12.5. The molecule has 1 heterocycles. The van der Waals surface area contributed by atoms with E-state index in [1.165, 1.54) is 16.7 Å². The van der Waals surface area contributed by atoms with Crippen LogP contribution in [0.2, 0.25) is 0 Å². The summed E-state index contributed by atoms with van der Waals surface area (Å²) in [7, 11) is 1.67. The zero-order chi connectivity index (χ0) is 16.2. The Hall–Kier alpha value is -2.03. The smallest absolute Gasteiger partial charge is 0.143 e. The highest BCUT2D eigenvalue weighted by Crippen LogP contribution is 2.54. The largest absolute Gasteiger partial charge is 0.497 e. The van der Waals surface area contributed by atoms with E-state index in [-0.39, 0.29) is 11.5 Å². The molecule has 23 heavy (non-hydrogen) atoms. The summed E-state index contributed by atoms with van der Waals surface area (Å²) in [5, 5.41) is 0. The summed E-state index contributed by atoms with van der Waals surface area (Å²) < 4.78 is 11.5. The Morgan fingerprint density at radius 3 is 2.91 bits per heavy atom. The molecule has 1 aliphatic heterocycles. The number of carbonyl (C=O) groups is 1. The van der Waals surface area contributed by atoms with E-state index >= 15 is 0 Å². The molecule has 0 amide bonds. The lowest BCUT2D eigenvalue weighted by Gasteiger charge is -2.44. The summed E-state index contributed by atoms with van der Waals surface area (Å²) in [6.07, 6.45) is 5.59. The Labute approximate surface area is 137 Å². The van der Waals surface area contributed by atoms with Gasteiger partial charge in [0.1, 0.15) is 23.4 Å². The average molecular weight is 310 g/mol. The second-order valence-corrected chi connectivity index (χ2v) is 6.93. The minimum absolute atomic E-state index is 0.0265. The highest BCUT2D eigenvalue weighted by Gasteiger charge is 2.46. The first-order chi connectivity index (χ1) is 11.0. The molecule has 0 unspecified atom stereocenters. The van der Waals surface area contributed by atoms with Crippen molar-refractivity contribution in [2.75, 3.05) is 7.11 Å². The van der Waals surface area contributed by atoms with Crippen molar-refractivity contribution in [1.82, 2.24) is 0 Å². The maximum atomic E-state index is 12.5. The Morgan fingerprint density at radius 1 is 1.30 bits per heavy atom. The van der Waals surface area contributed by atoms with Crippen LogP contribution >= 0.6 is 0 Å². The predicted molar refractivity (Wildman–Crippen MR) is 89.7 cm³/mol. The van der Waals surface area contributed by atoms with Gasteiger partial charge in [0, 0.05) is 18.1 Å². The van der Waals surface area contributed by atoms with Crippen molar-refractivity contribution in [3.63, 3.8) is 0 Å². The predicted octanol–water partition coefficient (Wildman–Crippen LogP) is 4.32. The fraction of sp³-hybridized carbons (Fsp3) is 0.450. The Kier molecular flexibility index (Phi) is 3.15. The van der Waals surface area contributed by atoms with E-state index in [0.717, 1.165) is 36.3 Å². The molecule has 1 aromatic rings. The summed E-state index contributed by atoms with van der Waals surface area (Å²) in [6.45, 7) is 4.20. The molecule has 4 rings (SSSR count). The standard InChI is InChI=1S/C20H22O3/c1-12-19-15(14-8-7-13(22-3)11-17(14)23-12)9-10-20(2)16(19)5-4-6-18(20)21/h5,7-8,11-12H,4,6,9-10H2,1-3H3/t12-,20+/m1/s1. The van der Waals surface area contributed by atoms with E-state index in [1.807, 2.05) is 12.1 Å². The maximum Gasteiger partial charge on any atom is 0.143 e. The number of hydrogen-bond acceptors (Lipinski definition) is 3. The number of ether oxygens (including phenoxy) is 2. The third kappa shape index (κ3) is 1.99. The van der Waals surface area contributed by atoms with Gasteiger partial charge in [-0.15, -0.1) is 0 Å². The molecule has 0 aromatic heterocycles. The zero-order valence-electron chi connectivity index (χ0n) is 13.9. The number of methoxy groups -OCH3 is 1. The topological polar surface area (TPSA) is 35.5 Å². The van der Waals surface area contributed by atoms with Crippen LogP contribution in [-0.2, 0) is 4.79 Å². The number of ketones is 1. The van der Waals surface area contributed by atoms with Crippen LogP contribution in [0, 0.1) is 5.41 Å². The summed E-state index contributed by atoms with van der Waals surface area (Å²) in [5.74, 6) is 2.09. The van der Waals surface area contributed by atoms with Crippen molar-refractivity contribution in [2.24, 2.45) is 5.41 Å². The van der Waals surface area contributed by atoms with Gasteiger partial charge in [-0.2, -0.15) is 0 Å². The number of allylic oxidation sites excluding steroid dienone is 2. The van der Waals surface area contributed by atoms with Crippen molar-refractivity contribution in [3.8, 4) is 11.5 Å². The summed E-state index contributed by atoms with van der Waals surface area (Å²) >= 11 is 0. The quantitative estimate of drug-likeness (QED) is 0.775. The second kappa shape index (κ2) is 4.98. The van der Waals surface area contributed by atoms with E-state index in [0.29, 0.717) is 12.2 Å². The third-order valence-corrected chi connectivity index (χ3v) is 5.64. The molecule has 0 saturated carbocycles.